The van der Waals surface area contributed by atoms with Crippen molar-refractivity contribution in [3.8, 4) is 0 Å². The molecule has 1 aromatic heterocycles. The van der Waals surface area contributed by atoms with Gasteiger partial charge in [0.25, 0.3) is 0 Å². The Morgan fingerprint density at radius 3 is 2.70 bits per heavy atom. The number of aliphatic hydroxyl groups excluding tert-OH is 1. The van der Waals surface area contributed by atoms with E-state index in [0.717, 1.165) is 0 Å². The maximum atomic E-state index is 15.0. The minimum atomic E-state index is -0.830. The molecule has 200 valence electrons. The molecule has 3 heterocycles. The van der Waals surface area contributed by atoms with Gasteiger partial charge in [0.2, 0.25) is 5.91 Å². The lowest BCUT2D eigenvalue weighted by atomic mass is 10.2. The SMILES string of the molecule is CC(=O)NCC1CN(c2ccc(N3CCN(C[C@H](O)Cn4c([N+](=O)[O-])cnc4C)CC3)c(F)c2)C(=O)O1. The molecule has 0 aliphatic carbocycles. The van der Waals surface area contributed by atoms with E-state index in [4.69, 9.17) is 4.74 Å². The average Bonchev–Trinajstić information content (AvgIpc) is 3.40. The van der Waals surface area contributed by atoms with E-state index in [1.54, 1.807) is 19.1 Å². The number of amides is 2. The summed E-state index contributed by atoms with van der Waals surface area (Å²) in [6, 6.07) is 4.59. The molecule has 2 atom stereocenters. The molecule has 0 saturated carbocycles. The largest absolute Gasteiger partial charge is 0.442 e. The minimum absolute atomic E-state index is 0.0586. The molecule has 1 aromatic carbocycles. The van der Waals surface area contributed by atoms with Crippen LogP contribution in [0.5, 0.6) is 0 Å². The van der Waals surface area contributed by atoms with E-state index in [1.165, 1.54) is 28.7 Å². The zero-order valence-corrected chi connectivity index (χ0v) is 20.7. The van der Waals surface area contributed by atoms with Crippen molar-refractivity contribution in [3.05, 3.63) is 46.2 Å². The molecule has 2 N–H and O–H groups in total. The van der Waals surface area contributed by atoms with Crippen molar-refractivity contribution in [2.45, 2.75) is 32.6 Å². The second kappa shape index (κ2) is 11.1. The molecule has 4 rings (SSSR count). The number of anilines is 2. The van der Waals surface area contributed by atoms with E-state index in [2.05, 4.69) is 10.3 Å². The lowest BCUT2D eigenvalue weighted by Gasteiger charge is -2.37. The molecule has 2 saturated heterocycles. The normalized spacial score (nSPS) is 19.1. The molecular formula is C23H30FN7O6. The number of cyclic esters (lactones) is 1. The first-order valence-electron chi connectivity index (χ1n) is 12.0. The van der Waals surface area contributed by atoms with E-state index in [9.17, 15) is 24.8 Å². The number of ether oxygens (including phenoxy) is 1. The Labute approximate surface area is 212 Å². The summed E-state index contributed by atoms with van der Waals surface area (Å²) in [7, 11) is 0. The van der Waals surface area contributed by atoms with Crippen LogP contribution in [0.1, 0.15) is 12.7 Å². The zero-order chi connectivity index (χ0) is 26.7. The monoisotopic (exact) mass is 519 g/mol. The first-order valence-corrected chi connectivity index (χ1v) is 12.0. The van der Waals surface area contributed by atoms with Gasteiger partial charge < -0.3 is 30.2 Å². The molecule has 2 aromatic rings. The number of nitrogens with zero attached hydrogens (tertiary/aromatic N) is 6. The number of β-amino-alcohol motifs (C(OH)–C–C–N with tert-alkyl or cyclic N) is 1. The average molecular weight is 520 g/mol. The minimum Gasteiger partial charge on any atom is -0.442 e. The summed E-state index contributed by atoms with van der Waals surface area (Å²) in [5.41, 5.74) is 0.790. The number of carbonyl (C=O) groups excluding carboxylic acids is 2. The van der Waals surface area contributed by atoms with E-state index in [-0.39, 0.29) is 31.4 Å². The quantitative estimate of drug-likeness (QED) is 0.364. The molecule has 0 spiro atoms. The van der Waals surface area contributed by atoms with Gasteiger partial charge in [0, 0.05) is 46.6 Å². The number of piperazine rings is 1. The number of rotatable bonds is 9. The molecule has 2 fully saturated rings. The molecule has 37 heavy (non-hydrogen) atoms. The van der Waals surface area contributed by atoms with Crippen LogP contribution in [0.4, 0.5) is 26.4 Å². The Morgan fingerprint density at radius 2 is 2.05 bits per heavy atom. The van der Waals surface area contributed by atoms with Gasteiger partial charge >= 0.3 is 11.9 Å². The Bertz CT molecular complexity index is 1170. The first kappa shape index (κ1) is 26.3. The van der Waals surface area contributed by atoms with Gasteiger partial charge in [-0.2, -0.15) is 0 Å². The van der Waals surface area contributed by atoms with Crippen LogP contribution in [0.2, 0.25) is 0 Å². The van der Waals surface area contributed by atoms with Gasteiger partial charge in [-0.1, -0.05) is 0 Å². The van der Waals surface area contributed by atoms with Gasteiger partial charge in [-0.3, -0.25) is 14.6 Å². The molecule has 14 heteroatoms. The molecule has 2 aliphatic heterocycles. The van der Waals surface area contributed by atoms with Gasteiger partial charge in [0.15, 0.2) is 5.82 Å². The Morgan fingerprint density at radius 1 is 1.32 bits per heavy atom. The van der Waals surface area contributed by atoms with Crippen LogP contribution in [0.15, 0.2) is 24.4 Å². The predicted molar refractivity (Wildman–Crippen MR) is 131 cm³/mol. The number of hydrogen-bond acceptors (Lipinski definition) is 9. The molecule has 13 nitrogen and oxygen atoms in total. The second-order valence-corrected chi connectivity index (χ2v) is 9.16. The topological polar surface area (TPSA) is 146 Å². The van der Waals surface area contributed by atoms with Crippen molar-refractivity contribution in [1.29, 1.82) is 0 Å². The fraction of sp³-hybridized carbons (Fsp3) is 0.522. The third-order valence-electron chi connectivity index (χ3n) is 6.49. The van der Waals surface area contributed by atoms with Crippen LogP contribution in [0, 0.1) is 22.9 Å². The molecule has 2 aliphatic rings. The second-order valence-electron chi connectivity index (χ2n) is 9.16. The fourth-order valence-corrected chi connectivity index (χ4v) is 4.58. The molecule has 0 radical (unpaired) electrons. The summed E-state index contributed by atoms with van der Waals surface area (Å²) in [6.45, 7) is 6.01. The number of benzene rings is 1. The summed E-state index contributed by atoms with van der Waals surface area (Å²) in [4.78, 5) is 43.2. The summed E-state index contributed by atoms with van der Waals surface area (Å²) in [6.07, 6.45) is -0.751. The van der Waals surface area contributed by atoms with Crippen LogP contribution in [-0.2, 0) is 16.1 Å². The first-order chi connectivity index (χ1) is 17.6. The van der Waals surface area contributed by atoms with Gasteiger partial charge in [0.1, 0.15) is 30.8 Å². The van der Waals surface area contributed by atoms with Crippen molar-refractivity contribution in [3.63, 3.8) is 0 Å². The van der Waals surface area contributed by atoms with Crippen LogP contribution in [0.25, 0.3) is 0 Å². The number of nitro groups is 1. The number of imidazole rings is 1. The number of carbonyl (C=O) groups is 2. The highest BCUT2D eigenvalue weighted by atomic mass is 19.1. The Balaban J connectivity index is 1.30. The van der Waals surface area contributed by atoms with Gasteiger partial charge in [-0.15, -0.1) is 0 Å². The van der Waals surface area contributed by atoms with Crippen LogP contribution in [0.3, 0.4) is 0 Å². The van der Waals surface area contributed by atoms with Gasteiger partial charge in [-0.05, 0) is 23.1 Å². The van der Waals surface area contributed by atoms with Crippen LogP contribution >= 0.6 is 0 Å². The standard InChI is InChI=1S/C23H30FN7O6/c1-15-25-11-22(31(35)36)29(15)13-18(33)12-27-5-7-28(8-6-27)21-4-3-17(9-20(21)24)30-14-19(37-23(30)34)10-26-16(2)32/h3-4,9,11,18-19,33H,5-8,10,12-14H2,1-2H3,(H,26,32)/t18-,19?/m0/s1. The third kappa shape index (κ3) is 6.14. The maximum Gasteiger partial charge on any atom is 0.414 e. The number of hydrogen-bond donors (Lipinski definition) is 2. The van der Waals surface area contributed by atoms with Gasteiger partial charge in [0.05, 0.1) is 24.5 Å². The van der Waals surface area contributed by atoms with Crippen molar-refractivity contribution >= 4 is 29.2 Å². The van der Waals surface area contributed by atoms with Crippen LogP contribution in [-0.4, -0.2) is 94.5 Å². The van der Waals surface area contributed by atoms with Crippen molar-refractivity contribution in [2.75, 3.05) is 55.6 Å². The summed E-state index contributed by atoms with van der Waals surface area (Å²) < 4.78 is 21.7. The highest BCUT2D eigenvalue weighted by Gasteiger charge is 2.33. The predicted octanol–water partition coefficient (Wildman–Crippen LogP) is 0.883. The van der Waals surface area contributed by atoms with E-state index in [0.29, 0.717) is 49.9 Å². The van der Waals surface area contributed by atoms with E-state index < -0.39 is 29.0 Å². The summed E-state index contributed by atoms with van der Waals surface area (Å²) in [5, 5.41) is 24.3. The number of nitrogens with one attached hydrogen (secondary N) is 1. The number of aryl methyl sites for hydroxylation is 1. The zero-order valence-electron chi connectivity index (χ0n) is 20.7. The highest BCUT2D eigenvalue weighted by molar-refractivity contribution is 5.90. The molecular weight excluding hydrogens is 489 g/mol. The highest BCUT2D eigenvalue weighted by Crippen LogP contribution is 2.28. The maximum absolute atomic E-state index is 15.0. The molecule has 0 bridgehead atoms. The fourth-order valence-electron chi connectivity index (χ4n) is 4.58. The van der Waals surface area contributed by atoms with Crippen molar-refractivity contribution in [1.82, 2.24) is 19.8 Å². The summed E-state index contributed by atoms with van der Waals surface area (Å²) in [5.74, 6) is -0.394. The van der Waals surface area contributed by atoms with Crippen molar-refractivity contribution < 1.29 is 28.7 Å². The lowest BCUT2D eigenvalue weighted by molar-refractivity contribution is -0.392. The van der Waals surface area contributed by atoms with Crippen molar-refractivity contribution in [2.24, 2.45) is 0 Å². The molecule has 2 amide bonds. The Kier molecular flexibility index (Phi) is 7.88. The molecule has 1 unspecified atom stereocenters. The Hall–Kier alpha value is -3.78. The smallest absolute Gasteiger partial charge is 0.414 e. The lowest BCUT2D eigenvalue weighted by Crippen LogP contribution is -2.49. The number of halogens is 1. The number of aliphatic hydroxyl groups is 1. The summed E-state index contributed by atoms with van der Waals surface area (Å²) >= 11 is 0. The number of aromatic nitrogens is 2. The van der Waals surface area contributed by atoms with Crippen LogP contribution < -0.4 is 15.1 Å². The van der Waals surface area contributed by atoms with E-state index in [1.807, 2.05) is 9.80 Å². The van der Waals surface area contributed by atoms with E-state index >= 15 is 4.39 Å². The van der Waals surface area contributed by atoms with Gasteiger partial charge in [-0.25, -0.2) is 18.7 Å². The third-order valence-corrected chi connectivity index (χ3v) is 6.49.